The molecule has 0 spiro atoms. The summed E-state index contributed by atoms with van der Waals surface area (Å²) in [6, 6.07) is 0. The summed E-state index contributed by atoms with van der Waals surface area (Å²) in [6.45, 7) is 0. The third-order valence-corrected chi connectivity index (χ3v) is 0. The highest BCUT2D eigenvalue weighted by Gasteiger charge is 1.78. The number of alkyl halides is 3. The summed E-state index contributed by atoms with van der Waals surface area (Å²) >= 11 is 14.4. The van der Waals surface area contributed by atoms with Crippen molar-refractivity contribution in [3.8, 4) is 0 Å². The fourth-order valence-electron chi connectivity index (χ4n) is 0. The van der Waals surface area contributed by atoms with Gasteiger partial charge < -0.3 is 22.2 Å². The van der Waals surface area contributed by atoms with Crippen molar-refractivity contribution in [1.29, 1.82) is 0 Å². The van der Waals surface area contributed by atoms with Crippen molar-refractivity contribution < 1.29 is 16.1 Å². The molecule has 4 nitrogen and oxygen atoms in total. The molecule has 64 valence electrons. The van der Waals surface area contributed by atoms with Crippen LogP contribution in [0.25, 0.3) is 0 Å². The molecule has 0 unspecified atom stereocenters. The van der Waals surface area contributed by atoms with Crippen LogP contribution in [0.2, 0.25) is 0 Å². The molecule has 0 bridgehead atoms. The van der Waals surface area contributed by atoms with E-state index in [0.29, 0.717) is 0 Å². The highest BCUT2D eigenvalue weighted by Crippen LogP contribution is 2.03. The summed E-state index contributed by atoms with van der Waals surface area (Å²) < 4.78 is -0.750. The molecule has 9 heavy (non-hydrogen) atoms. The predicted molar refractivity (Wildman–Crippen MR) is 41.7 cm³/mol. The second kappa shape index (κ2) is 37.6. The fourth-order valence-corrected chi connectivity index (χ4v) is 0. The van der Waals surface area contributed by atoms with E-state index in [2.05, 4.69) is 0 Å². The van der Waals surface area contributed by atoms with E-state index < -0.39 is 4.30 Å². The van der Waals surface area contributed by atoms with Crippen LogP contribution < -0.4 is 6.15 Å². The van der Waals surface area contributed by atoms with Crippen LogP contribution in [0.1, 0.15) is 0 Å². The number of rotatable bonds is 0. The second-order valence-electron chi connectivity index (χ2n) is 0.247. The lowest BCUT2D eigenvalue weighted by atomic mass is 11.8. The van der Waals surface area contributed by atoms with Crippen LogP contribution in [0, 0.1) is 0 Å². The van der Waals surface area contributed by atoms with Gasteiger partial charge in [-0.05, 0) is 0 Å². The van der Waals surface area contributed by atoms with Crippen molar-refractivity contribution in [3.63, 3.8) is 0 Å². The smallest absolute Gasteiger partial charge is 0.180 e. The van der Waals surface area contributed by atoms with Gasteiger partial charge in [-0.3, -0.25) is 0 Å². The van der Waals surface area contributed by atoms with E-state index in [0.717, 1.165) is 7.11 Å². The molecule has 0 rings (SSSR count). The van der Waals surface area contributed by atoms with Gasteiger partial charge in [-0.25, -0.2) is 0 Å². The maximum atomic E-state index is 7.00. The average Bonchev–Trinajstić information content (AvgIpc) is 1.41. The first kappa shape index (κ1) is 33.2. The molecule has 0 saturated carbocycles. The molecular formula is C2H12Cl3NO3. The van der Waals surface area contributed by atoms with Gasteiger partial charge >= 0.3 is 0 Å². The first-order valence-electron chi connectivity index (χ1n) is 1.10. The number of hydrogen-bond donors (Lipinski definition) is 2. The summed E-state index contributed by atoms with van der Waals surface area (Å²) in [6.07, 6.45) is 0. The van der Waals surface area contributed by atoms with Gasteiger partial charge in [-0.2, -0.15) is 0 Å². The van der Waals surface area contributed by atoms with Crippen LogP contribution in [0.15, 0.2) is 0 Å². The van der Waals surface area contributed by atoms with Gasteiger partial charge in [-0.1, -0.05) is 34.8 Å². The summed E-state index contributed by atoms with van der Waals surface area (Å²) in [4.78, 5) is 0. The van der Waals surface area contributed by atoms with Crippen LogP contribution in [-0.4, -0.2) is 27.5 Å². The lowest BCUT2D eigenvalue weighted by Crippen LogP contribution is -1.55. The van der Waals surface area contributed by atoms with Crippen LogP contribution in [0.4, 0.5) is 0 Å². The summed E-state index contributed by atoms with van der Waals surface area (Å²) in [7, 11) is 1.00. The molecule has 0 aromatic carbocycles. The standard InChI is InChI=1S/CHCl3.CH4O.H3N.2H2O/c2-1(3)4;1-2;;;/h1H;2H,1H3;1H3;2*1H2. The molecule has 0 aliphatic heterocycles. The Balaban J connectivity index is -0.00000000990. The van der Waals surface area contributed by atoms with Crippen molar-refractivity contribution in [2.24, 2.45) is 0 Å². The molecule has 0 saturated heterocycles. The maximum absolute atomic E-state index is 7.00. The van der Waals surface area contributed by atoms with E-state index in [1.807, 2.05) is 0 Å². The van der Waals surface area contributed by atoms with Crippen LogP contribution in [0.3, 0.4) is 0 Å². The van der Waals surface area contributed by atoms with E-state index in [1.54, 1.807) is 0 Å². The minimum atomic E-state index is -0.750. The third kappa shape index (κ3) is 778. The van der Waals surface area contributed by atoms with E-state index in [1.165, 1.54) is 0 Å². The Bertz CT molecular complexity index is 21.8. The zero-order valence-corrected chi connectivity index (χ0v) is 7.13. The number of aliphatic hydroxyl groups excluding tert-OH is 1. The molecule has 0 aliphatic carbocycles. The molecule has 0 fully saturated rings. The van der Waals surface area contributed by atoms with Crippen molar-refractivity contribution in [1.82, 2.24) is 6.15 Å². The molecule has 0 aromatic rings. The predicted octanol–water partition coefficient (Wildman–Crippen LogP) is 0.107. The average molecular weight is 204 g/mol. The van der Waals surface area contributed by atoms with E-state index >= 15 is 0 Å². The number of hydrogen-bond acceptors (Lipinski definition) is 2. The third-order valence-electron chi connectivity index (χ3n) is 0. The minimum absolute atomic E-state index is 0. The molecular weight excluding hydrogens is 192 g/mol. The molecule has 7 heteroatoms. The van der Waals surface area contributed by atoms with Crippen LogP contribution in [0.5, 0.6) is 0 Å². The first-order chi connectivity index (χ1) is 2.73. The lowest BCUT2D eigenvalue weighted by molar-refractivity contribution is 0.399. The molecule has 8 N–H and O–H groups in total. The molecule has 0 atom stereocenters. The second-order valence-corrected chi connectivity index (χ2v) is 2.23. The highest BCUT2D eigenvalue weighted by molar-refractivity contribution is 6.63. The number of aliphatic hydroxyl groups is 1. The van der Waals surface area contributed by atoms with Crippen molar-refractivity contribution >= 4 is 34.8 Å². The molecule has 0 amide bonds. The Morgan fingerprint density at radius 2 is 1.00 bits per heavy atom. The minimum Gasteiger partial charge on any atom is -0.412 e. The molecule has 0 aromatic heterocycles. The zero-order valence-electron chi connectivity index (χ0n) is 4.87. The van der Waals surface area contributed by atoms with E-state index in [-0.39, 0.29) is 17.1 Å². The fraction of sp³-hybridized carbons (Fsp3) is 1.00. The maximum Gasteiger partial charge on any atom is 0.180 e. The van der Waals surface area contributed by atoms with Gasteiger partial charge in [0, 0.05) is 7.11 Å². The molecule has 0 radical (unpaired) electrons. The van der Waals surface area contributed by atoms with Crippen molar-refractivity contribution in [2.75, 3.05) is 7.11 Å². The molecule has 0 aliphatic rings. The van der Waals surface area contributed by atoms with Gasteiger partial charge in [0.1, 0.15) is 0 Å². The van der Waals surface area contributed by atoms with Crippen LogP contribution >= 0.6 is 34.8 Å². The van der Waals surface area contributed by atoms with Crippen molar-refractivity contribution in [2.45, 2.75) is 4.30 Å². The number of halogens is 3. The monoisotopic (exact) mass is 203 g/mol. The largest absolute Gasteiger partial charge is 0.412 e. The van der Waals surface area contributed by atoms with E-state index in [4.69, 9.17) is 39.9 Å². The summed E-state index contributed by atoms with van der Waals surface area (Å²) in [5.74, 6) is 0. The van der Waals surface area contributed by atoms with Gasteiger partial charge in [0.15, 0.2) is 4.30 Å². The SMILES string of the molecule is CO.ClC(Cl)Cl.N.O.O. The highest BCUT2D eigenvalue weighted by atomic mass is 35.6. The Morgan fingerprint density at radius 3 is 1.00 bits per heavy atom. The van der Waals surface area contributed by atoms with Gasteiger partial charge in [0.25, 0.3) is 0 Å². The van der Waals surface area contributed by atoms with Gasteiger partial charge in [-0.15, -0.1) is 0 Å². The first-order valence-corrected chi connectivity index (χ1v) is 2.41. The van der Waals surface area contributed by atoms with Crippen LogP contribution in [-0.2, 0) is 0 Å². The summed E-state index contributed by atoms with van der Waals surface area (Å²) in [5, 5.41) is 7.00. The summed E-state index contributed by atoms with van der Waals surface area (Å²) in [5.41, 5.74) is 0. The Labute approximate surface area is 68.9 Å². The Hall–Kier alpha value is 0.710. The quantitative estimate of drug-likeness (QED) is 0.545. The zero-order chi connectivity index (χ0) is 5.58. The molecule has 0 heterocycles. The van der Waals surface area contributed by atoms with Gasteiger partial charge in [0.05, 0.1) is 0 Å². The Kier molecular flexibility index (Phi) is 139. The lowest BCUT2D eigenvalue weighted by Gasteiger charge is -1.69. The Morgan fingerprint density at radius 1 is 1.00 bits per heavy atom. The van der Waals surface area contributed by atoms with Gasteiger partial charge in [0.2, 0.25) is 0 Å². The topological polar surface area (TPSA) is 118 Å². The van der Waals surface area contributed by atoms with Crippen molar-refractivity contribution in [3.05, 3.63) is 0 Å². The normalized spacial score (nSPS) is 4.67. The van der Waals surface area contributed by atoms with E-state index in [9.17, 15) is 0 Å².